The van der Waals surface area contributed by atoms with Crippen molar-refractivity contribution in [1.82, 2.24) is 25.2 Å². The van der Waals surface area contributed by atoms with E-state index in [4.69, 9.17) is 4.74 Å². The number of alkyl halides is 1. The molecule has 1 aliphatic carbocycles. The second kappa shape index (κ2) is 11.7. The zero-order valence-electron chi connectivity index (χ0n) is 23.9. The fourth-order valence-corrected chi connectivity index (χ4v) is 4.46. The fraction of sp³-hybridized carbons (Fsp3) is 0.483. The van der Waals surface area contributed by atoms with Crippen molar-refractivity contribution in [1.29, 1.82) is 5.26 Å². The van der Waals surface area contributed by atoms with Gasteiger partial charge in [0, 0.05) is 18.8 Å². The van der Waals surface area contributed by atoms with Gasteiger partial charge in [-0.25, -0.2) is 13.7 Å². The zero-order chi connectivity index (χ0) is 29.9. The molecule has 1 saturated carbocycles. The first kappa shape index (κ1) is 29.7. The van der Waals surface area contributed by atoms with Crippen LogP contribution in [0.5, 0.6) is 0 Å². The lowest BCUT2D eigenvalue weighted by Gasteiger charge is -2.37. The minimum absolute atomic E-state index is 0.0351. The van der Waals surface area contributed by atoms with Gasteiger partial charge in [-0.1, -0.05) is 0 Å². The summed E-state index contributed by atoms with van der Waals surface area (Å²) in [6.07, 6.45) is 2.29. The number of carbonyl (C=O) groups excluding carboxylic acids is 2. The Balaban J connectivity index is 1.51. The monoisotopic (exact) mass is 565 g/mol. The average molecular weight is 566 g/mol. The lowest BCUT2D eigenvalue weighted by atomic mass is 9.80. The molecule has 1 atom stereocenters. The van der Waals surface area contributed by atoms with Crippen LogP contribution in [0.3, 0.4) is 0 Å². The van der Waals surface area contributed by atoms with Crippen molar-refractivity contribution in [2.75, 3.05) is 18.4 Å². The third kappa shape index (κ3) is 7.49. The van der Waals surface area contributed by atoms with Gasteiger partial charge >= 0.3 is 6.09 Å². The van der Waals surface area contributed by atoms with Gasteiger partial charge in [-0.3, -0.25) is 9.78 Å². The minimum Gasteiger partial charge on any atom is -0.444 e. The highest BCUT2D eigenvalue weighted by molar-refractivity contribution is 6.00. The van der Waals surface area contributed by atoms with E-state index in [1.165, 1.54) is 26.2 Å². The SMILES string of the molecule is CC(C)(C)OC(=O)NCC1CC(Nc2cc(-c3ccc4cc(C#N)cnn34)ncc2C(=O)NC[C@@H](F)C(C)(C)O)C1. The lowest BCUT2D eigenvalue weighted by Crippen LogP contribution is -2.44. The zero-order valence-corrected chi connectivity index (χ0v) is 23.9. The summed E-state index contributed by atoms with van der Waals surface area (Å²) < 4.78 is 21.3. The van der Waals surface area contributed by atoms with Crippen LogP contribution in [-0.4, -0.2) is 68.2 Å². The van der Waals surface area contributed by atoms with E-state index < -0.39 is 29.4 Å². The molecule has 41 heavy (non-hydrogen) atoms. The molecule has 0 radical (unpaired) electrons. The number of pyridine rings is 1. The van der Waals surface area contributed by atoms with E-state index in [2.05, 4.69) is 32.1 Å². The maximum Gasteiger partial charge on any atom is 0.407 e. The smallest absolute Gasteiger partial charge is 0.407 e. The molecule has 1 aliphatic rings. The number of anilines is 1. The van der Waals surface area contributed by atoms with Gasteiger partial charge < -0.3 is 25.8 Å². The highest BCUT2D eigenvalue weighted by Gasteiger charge is 2.32. The molecule has 11 nitrogen and oxygen atoms in total. The summed E-state index contributed by atoms with van der Waals surface area (Å²) in [6, 6.07) is 9.21. The number of carbonyl (C=O) groups is 2. The molecule has 3 aromatic heterocycles. The van der Waals surface area contributed by atoms with Crippen LogP contribution >= 0.6 is 0 Å². The number of rotatable bonds is 9. The van der Waals surface area contributed by atoms with Crippen molar-refractivity contribution in [2.45, 2.75) is 70.9 Å². The summed E-state index contributed by atoms with van der Waals surface area (Å²) in [4.78, 5) is 29.5. The molecule has 0 bridgehead atoms. The van der Waals surface area contributed by atoms with Gasteiger partial charge in [-0.15, -0.1) is 0 Å². The van der Waals surface area contributed by atoms with Crippen molar-refractivity contribution < 1.29 is 23.8 Å². The summed E-state index contributed by atoms with van der Waals surface area (Å²) in [5.41, 5.74) is 0.934. The number of amides is 2. The Hall–Kier alpha value is -4.24. The molecule has 1 fully saturated rings. The number of hydrogen-bond acceptors (Lipinski definition) is 8. The molecule has 0 spiro atoms. The Kier molecular flexibility index (Phi) is 8.49. The van der Waals surface area contributed by atoms with Crippen molar-refractivity contribution in [3.05, 3.63) is 47.8 Å². The largest absolute Gasteiger partial charge is 0.444 e. The molecule has 0 unspecified atom stereocenters. The molecular formula is C29H36FN7O4. The van der Waals surface area contributed by atoms with Gasteiger partial charge in [-0.05, 0) is 77.6 Å². The van der Waals surface area contributed by atoms with Crippen LogP contribution in [-0.2, 0) is 4.74 Å². The Morgan fingerprint density at radius 1 is 1.20 bits per heavy atom. The van der Waals surface area contributed by atoms with Gasteiger partial charge in [0.15, 0.2) is 0 Å². The molecule has 2 amide bonds. The Labute approximate surface area is 238 Å². The number of alkyl carbamates (subject to hydrolysis) is 1. The number of aromatic nitrogens is 3. The van der Waals surface area contributed by atoms with Crippen LogP contribution < -0.4 is 16.0 Å². The van der Waals surface area contributed by atoms with Crippen molar-refractivity contribution in [2.24, 2.45) is 5.92 Å². The molecule has 0 aromatic carbocycles. The van der Waals surface area contributed by atoms with Gasteiger partial charge in [0.2, 0.25) is 0 Å². The molecular weight excluding hydrogens is 529 g/mol. The van der Waals surface area contributed by atoms with Crippen LogP contribution in [0.15, 0.2) is 36.7 Å². The summed E-state index contributed by atoms with van der Waals surface area (Å²) in [6.45, 7) is 8.22. The molecule has 4 rings (SSSR count). The third-order valence-corrected chi connectivity index (χ3v) is 6.78. The van der Waals surface area contributed by atoms with E-state index in [1.807, 2.05) is 12.1 Å². The second-order valence-electron chi connectivity index (χ2n) is 11.9. The normalized spacial score (nSPS) is 17.7. The number of hydrogen-bond donors (Lipinski definition) is 4. The maximum atomic E-state index is 14.3. The number of aliphatic hydroxyl groups is 1. The third-order valence-electron chi connectivity index (χ3n) is 6.78. The summed E-state index contributed by atoms with van der Waals surface area (Å²) in [5.74, 6) is -0.288. The van der Waals surface area contributed by atoms with E-state index in [0.29, 0.717) is 29.2 Å². The minimum atomic E-state index is -1.66. The lowest BCUT2D eigenvalue weighted by molar-refractivity contribution is -0.00178. The van der Waals surface area contributed by atoms with Crippen molar-refractivity contribution >= 4 is 23.2 Å². The van der Waals surface area contributed by atoms with Crippen molar-refractivity contribution in [3.63, 3.8) is 0 Å². The number of nitrogens with one attached hydrogen (secondary N) is 3. The predicted molar refractivity (Wildman–Crippen MR) is 151 cm³/mol. The molecule has 4 N–H and O–H groups in total. The topological polar surface area (TPSA) is 154 Å². The Morgan fingerprint density at radius 2 is 1.93 bits per heavy atom. The first-order valence-electron chi connectivity index (χ1n) is 13.5. The first-order valence-corrected chi connectivity index (χ1v) is 13.5. The highest BCUT2D eigenvalue weighted by Crippen LogP contribution is 2.32. The van der Waals surface area contributed by atoms with Gasteiger partial charge in [0.05, 0.1) is 52.1 Å². The number of fused-ring (bicyclic) bond motifs is 1. The molecule has 0 saturated heterocycles. The number of ether oxygens (including phenoxy) is 1. The molecule has 218 valence electrons. The average Bonchev–Trinajstić information content (AvgIpc) is 3.29. The van der Waals surface area contributed by atoms with Crippen molar-refractivity contribution in [3.8, 4) is 17.5 Å². The quantitative estimate of drug-likeness (QED) is 0.305. The van der Waals surface area contributed by atoms with Crippen LogP contribution in [0.25, 0.3) is 16.9 Å². The van der Waals surface area contributed by atoms with Gasteiger partial charge in [-0.2, -0.15) is 10.4 Å². The molecule has 3 heterocycles. The van der Waals surface area contributed by atoms with E-state index in [1.54, 1.807) is 37.4 Å². The second-order valence-corrected chi connectivity index (χ2v) is 11.9. The van der Waals surface area contributed by atoms with E-state index in [0.717, 1.165) is 18.4 Å². The van der Waals surface area contributed by atoms with Gasteiger partial charge in [0.25, 0.3) is 5.91 Å². The number of halogens is 1. The van der Waals surface area contributed by atoms with Crippen LogP contribution in [0.2, 0.25) is 0 Å². The standard InChI is InChI=1S/C29H36FN7O4/c1-28(2,3)41-27(39)34-13-17-8-19(9-17)36-22-11-23(24-7-6-20-10-18(12-31)14-35-37(20)24)32-15-21(22)26(38)33-16-25(30)29(4,5)40/h6-7,10-11,14-15,17,19,25,40H,8-9,13,16H2,1-5H3,(H,32,36)(H,33,38)(H,34,39)/t17?,19?,25-/m1/s1. The summed E-state index contributed by atoms with van der Waals surface area (Å²) in [5, 5.41) is 32.2. The Morgan fingerprint density at radius 3 is 2.59 bits per heavy atom. The first-order chi connectivity index (χ1) is 19.2. The van der Waals surface area contributed by atoms with Crippen LogP contribution in [0.4, 0.5) is 14.9 Å². The number of nitriles is 1. The Bertz CT molecular complexity index is 1460. The van der Waals surface area contributed by atoms with Crippen LogP contribution in [0.1, 0.15) is 63.4 Å². The van der Waals surface area contributed by atoms with E-state index in [9.17, 15) is 24.3 Å². The van der Waals surface area contributed by atoms with Crippen LogP contribution in [0, 0.1) is 17.2 Å². The number of nitrogens with zero attached hydrogens (tertiary/aromatic N) is 4. The van der Waals surface area contributed by atoms with Gasteiger partial charge in [0.1, 0.15) is 17.8 Å². The fourth-order valence-electron chi connectivity index (χ4n) is 4.46. The predicted octanol–water partition coefficient (Wildman–Crippen LogP) is 3.82. The molecule has 0 aliphatic heterocycles. The van der Waals surface area contributed by atoms with E-state index >= 15 is 0 Å². The highest BCUT2D eigenvalue weighted by atomic mass is 19.1. The van der Waals surface area contributed by atoms with E-state index in [-0.39, 0.29) is 24.1 Å². The summed E-state index contributed by atoms with van der Waals surface area (Å²) in [7, 11) is 0. The molecule has 3 aromatic rings. The summed E-state index contributed by atoms with van der Waals surface area (Å²) >= 11 is 0. The molecule has 12 heteroatoms. The maximum absolute atomic E-state index is 14.3.